The van der Waals surface area contributed by atoms with E-state index in [1.807, 2.05) is 0 Å². The van der Waals surface area contributed by atoms with Crippen LogP contribution in [0.5, 0.6) is 0 Å². The molecule has 3 nitrogen and oxygen atoms in total. The van der Waals surface area contributed by atoms with Gasteiger partial charge in [0.25, 0.3) is 0 Å². The van der Waals surface area contributed by atoms with Gasteiger partial charge in [-0.2, -0.15) is 0 Å². The zero-order valence-electron chi connectivity index (χ0n) is 12.6. The van der Waals surface area contributed by atoms with Gasteiger partial charge in [0.15, 0.2) is 0 Å². The molecule has 0 aromatic heterocycles. The Bertz CT molecular complexity index is 274. The quantitative estimate of drug-likeness (QED) is 0.834. The van der Waals surface area contributed by atoms with Crippen LogP contribution in [-0.2, 0) is 4.74 Å². The van der Waals surface area contributed by atoms with E-state index in [-0.39, 0.29) is 5.54 Å². The van der Waals surface area contributed by atoms with Crippen LogP contribution < -0.4 is 5.32 Å². The molecule has 2 aliphatic rings. The van der Waals surface area contributed by atoms with Crippen LogP contribution in [0.2, 0.25) is 0 Å². The van der Waals surface area contributed by atoms with Gasteiger partial charge in [-0.05, 0) is 46.5 Å². The van der Waals surface area contributed by atoms with Crippen LogP contribution in [0.15, 0.2) is 0 Å². The molecule has 2 saturated heterocycles. The zero-order chi connectivity index (χ0) is 13.2. The SMILES string of the molecule is CCC1(C)CNC(C)(C)CN1CCC1CCCO1. The minimum atomic E-state index is 0.241. The fourth-order valence-corrected chi connectivity index (χ4v) is 3.13. The molecule has 18 heavy (non-hydrogen) atoms. The second-order valence-corrected chi connectivity index (χ2v) is 6.93. The third kappa shape index (κ3) is 3.25. The van der Waals surface area contributed by atoms with Gasteiger partial charge in [-0.15, -0.1) is 0 Å². The molecule has 0 aliphatic carbocycles. The van der Waals surface area contributed by atoms with Crippen LogP contribution in [0.1, 0.15) is 53.4 Å². The van der Waals surface area contributed by atoms with E-state index in [1.54, 1.807) is 0 Å². The van der Waals surface area contributed by atoms with E-state index in [4.69, 9.17) is 4.74 Å². The predicted octanol–water partition coefficient (Wildman–Crippen LogP) is 2.41. The number of hydrogen-bond acceptors (Lipinski definition) is 3. The van der Waals surface area contributed by atoms with Crippen molar-refractivity contribution in [2.45, 2.75) is 70.6 Å². The monoisotopic (exact) mass is 254 g/mol. The third-order valence-electron chi connectivity index (χ3n) is 4.80. The molecule has 0 aromatic rings. The first-order valence-electron chi connectivity index (χ1n) is 7.57. The lowest BCUT2D eigenvalue weighted by Crippen LogP contribution is -2.67. The van der Waals surface area contributed by atoms with E-state index in [2.05, 4.69) is 37.9 Å². The zero-order valence-corrected chi connectivity index (χ0v) is 12.6. The predicted molar refractivity (Wildman–Crippen MR) is 75.9 cm³/mol. The summed E-state index contributed by atoms with van der Waals surface area (Å²) in [6, 6.07) is 0. The lowest BCUT2D eigenvalue weighted by Gasteiger charge is -2.51. The van der Waals surface area contributed by atoms with E-state index in [9.17, 15) is 0 Å². The van der Waals surface area contributed by atoms with Gasteiger partial charge in [-0.1, -0.05) is 6.92 Å². The average Bonchev–Trinajstić information content (AvgIpc) is 2.83. The van der Waals surface area contributed by atoms with Crippen molar-refractivity contribution in [1.29, 1.82) is 0 Å². The summed E-state index contributed by atoms with van der Waals surface area (Å²) in [5, 5.41) is 3.68. The van der Waals surface area contributed by atoms with Gasteiger partial charge >= 0.3 is 0 Å². The number of rotatable bonds is 4. The maximum atomic E-state index is 5.76. The minimum Gasteiger partial charge on any atom is -0.378 e. The second-order valence-electron chi connectivity index (χ2n) is 6.93. The van der Waals surface area contributed by atoms with Crippen LogP contribution in [0, 0.1) is 0 Å². The minimum absolute atomic E-state index is 0.241. The Morgan fingerprint density at radius 2 is 2.11 bits per heavy atom. The standard InChI is InChI=1S/C15H30N2O/c1-5-15(4)11-16-14(2,3)12-17(15)9-8-13-7-6-10-18-13/h13,16H,5-12H2,1-4H3. The highest BCUT2D eigenvalue weighted by molar-refractivity contribution is 4.99. The number of nitrogens with one attached hydrogen (secondary N) is 1. The summed E-state index contributed by atoms with van der Waals surface area (Å²) in [5.41, 5.74) is 0.555. The fourth-order valence-electron chi connectivity index (χ4n) is 3.13. The molecule has 0 bridgehead atoms. The first-order valence-corrected chi connectivity index (χ1v) is 7.57. The average molecular weight is 254 g/mol. The maximum absolute atomic E-state index is 5.76. The fraction of sp³-hybridized carbons (Fsp3) is 1.00. The van der Waals surface area contributed by atoms with Crippen LogP contribution in [0.3, 0.4) is 0 Å². The molecule has 1 N–H and O–H groups in total. The first kappa shape index (κ1) is 14.3. The second kappa shape index (κ2) is 5.48. The number of ether oxygens (including phenoxy) is 1. The molecule has 2 aliphatic heterocycles. The van der Waals surface area contributed by atoms with Gasteiger partial charge in [-0.25, -0.2) is 0 Å². The Balaban J connectivity index is 1.92. The topological polar surface area (TPSA) is 24.5 Å². The summed E-state index contributed by atoms with van der Waals surface area (Å²) in [4.78, 5) is 2.69. The Morgan fingerprint density at radius 3 is 2.72 bits per heavy atom. The van der Waals surface area contributed by atoms with Gasteiger partial charge in [0.2, 0.25) is 0 Å². The smallest absolute Gasteiger partial charge is 0.0588 e. The van der Waals surface area contributed by atoms with E-state index in [0.717, 1.165) is 19.7 Å². The van der Waals surface area contributed by atoms with Crippen molar-refractivity contribution in [2.24, 2.45) is 0 Å². The first-order chi connectivity index (χ1) is 8.45. The van der Waals surface area contributed by atoms with Crippen molar-refractivity contribution in [3.63, 3.8) is 0 Å². The van der Waals surface area contributed by atoms with Gasteiger partial charge in [0.1, 0.15) is 0 Å². The summed E-state index contributed by atoms with van der Waals surface area (Å²) in [6.07, 6.45) is 5.44. The highest BCUT2D eigenvalue weighted by Gasteiger charge is 2.39. The summed E-state index contributed by atoms with van der Waals surface area (Å²) < 4.78 is 5.76. The lowest BCUT2D eigenvalue weighted by atomic mass is 9.87. The maximum Gasteiger partial charge on any atom is 0.0588 e. The molecule has 2 unspecified atom stereocenters. The highest BCUT2D eigenvalue weighted by Crippen LogP contribution is 2.27. The highest BCUT2D eigenvalue weighted by atomic mass is 16.5. The van der Waals surface area contributed by atoms with Gasteiger partial charge < -0.3 is 10.1 Å². The molecule has 0 aromatic carbocycles. The molecule has 0 radical (unpaired) electrons. The van der Waals surface area contributed by atoms with E-state index in [1.165, 1.54) is 32.2 Å². The van der Waals surface area contributed by atoms with Crippen molar-refractivity contribution < 1.29 is 4.74 Å². The third-order valence-corrected chi connectivity index (χ3v) is 4.80. The van der Waals surface area contributed by atoms with Crippen LogP contribution >= 0.6 is 0 Å². The molecule has 0 saturated carbocycles. The summed E-state index contributed by atoms with van der Waals surface area (Å²) in [5.74, 6) is 0. The number of nitrogens with zero attached hydrogens (tertiary/aromatic N) is 1. The molecule has 106 valence electrons. The largest absolute Gasteiger partial charge is 0.378 e. The van der Waals surface area contributed by atoms with Crippen molar-refractivity contribution in [1.82, 2.24) is 10.2 Å². The van der Waals surface area contributed by atoms with Gasteiger partial charge in [0.05, 0.1) is 6.10 Å². The molecule has 0 amide bonds. The summed E-state index contributed by atoms with van der Waals surface area (Å²) >= 11 is 0. The summed E-state index contributed by atoms with van der Waals surface area (Å²) in [7, 11) is 0. The van der Waals surface area contributed by atoms with Crippen LogP contribution in [-0.4, -0.2) is 48.3 Å². The Kier molecular flexibility index (Phi) is 4.35. The Morgan fingerprint density at radius 1 is 1.33 bits per heavy atom. The number of piperazine rings is 1. The molecule has 2 rings (SSSR count). The summed E-state index contributed by atoms with van der Waals surface area (Å²) in [6.45, 7) is 13.7. The molecular weight excluding hydrogens is 224 g/mol. The molecule has 2 heterocycles. The van der Waals surface area contributed by atoms with E-state index >= 15 is 0 Å². The van der Waals surface area contributed by atoms with Crippen LogP contribution in [0.4, 0.5) is 0 Å². The van der Waals surface area contributed by atoms with Crippen molar-refractivity contribution >= 4 is 0 Å². The molecular formula is C15H30N2O. The molecule has 0 spiro atoms. The molecule has 2 fully saturated rings. The van der Waals surface area contributed by atoms with Crippen LogP contribution in [0.25, 0.3) is 0 Å². The Labute approximate surface area is 112 Å². The number of hydrogen-bond donors (Lipinski definition) is 1. The normalized spacial score (nSPS) is 37.0. The lowest BCUT2D eigenvalue weighted by molar-refractivity contribution is 0.00871. The van der Waals surface area contributed by atoms with Crippen molar-refractivity contribution in [3.05, 3.63) is 0 Å². The van der Waals surface area contributed by atoms with Gasteiger partial charge in [-0.3, -0.25) is 4.90 Å². The van der Waals surface area contributed by atoms with E-state index < -0.39 is 0 Å². The van der Waals surface area contributed by atoms with E-state index in [0.29, 0.717) is 11.6 Å². The van der Waals surface area contributed by atoms with Crippen molar-refractivity contribution in [2.75, 3.05) is 26.2 Å². The Hall–Kier alpha value is -0.120. The molecule has 3 heteroatoms. The molecule has 2 atom stereocenters. The van der Waals surface area contributed by atoms with Crippen molar-refractivity contribution in [3.8, 4) is 0 Å². The van der Waals surface area contributed by atoms with Gasteiger partial charge in [0, 0.05) is 37.3 Å².